The van der Waals surface area contributed by atoms with Crippen LogP contribution in [0.25, 0.3) is 5.57 Å². The van der Waals surface area contributed by atoms with Crippen molar-refractivity contribution in [3.8, 4) is 0 Å². The monoisotopic (exact) mass is 617 g/mol. The highest BCUT2D eigenvalue weighted by Gasteiger charge is 2.27. The van der Waals surface area contributed by atoms with Crippen molar-refractivity contribution in [2.24, 2.45) is 11.0 Å². The second-order valence-corrected chi connectivity index (χ2v) is 19.1. The Morgan fingerprint density at radius 3 is 2.43 bits per heavy atom. The van der Waals surface area contributed by atoms with Crippen molar-refractivity contribution < 1.29 is 0 Å². The van der Waals surface area contributed by atoms with Crippen molar-refractivity contribution in [1.29, 1.82) is 0 Å². The van der Waals surface area contributed by atoms with Crippen molar-refractivity contribution in [3.63, 3.8) is 0 Å². The zero-order valence-corrected chi connectivity index (χ0v) is 30.4. The first-order valence-corrected chi connectivity index (χ1v) is 19.7. The quantitative estimate of drug-likeness (QED) is 0.107. The molecule has 0 radical (unpaired) electrons. The maximum atomic E-state index is 6.90. The van der Waals surface area contributed by atoms with Crippen LogP contribution in [0.5, 0.6) is 0 Å². The summed E-state index contributed by atoms with van der Waals surface area (Å²) in [5.74, 6) is 2.22. The van der Waals surface area contributed by atoms with Gasteiger partial charge in [-0.1, -0.05) is 90.5 Å². The third-order valence-electron chi connectivity index (χ3n) is 9.47. The maximum absolute atomic E-state index is 6.90. The van der Waals surface area contributed by atoms with Gasteiger partial charge < -0.3 is 5.32 Å². The van der Waals surface area contributed by atoms with E-state index in [4.69, 9.17) is 16.7 Å². The lowest BCUT2D eigenvalue weighted by Gasteiger charge is -2.44. The highest BCUT2D eigenvalue weighted by molar-refractivity contribution is 8.33. The lowest BCUT2D eigenvalue weighted by Crippen LogP contribution is -2.25. The first-order valence-electron chi connectivity index (χ1n) is 16.7. The van der Waals surface area contributed by atoms with Gasteiger partial charge in [0.25, 0.3) is 0 Å². The van der Waals surface area contributed by atoms with Crippen LogP contribution in [-0.4, -0.2) is 46.8 Å². The van der Waals surface area contributed by atoms with Crippen LogP contribution in [0.2, 0.25) is 5.02 Å². The molecule has 0 heterocycles. The van der Waals surface area contributed by atoms with Crippen molar-refractivity contribution in [2.45, 2.75) is 130 Å². The third kappa shape index (κ3) is 11.6. The molecule has 0 aromatic heterocycles. The Bertz CT molecular complexity index is 1040. The fourth-order valence-corrected chi connectivity index (χ4v) is 7.62. The predicted molar refractivity (Wildman–Crippen MR) is 196 cm³/mol. The standard InChI is InChI=1S/C37H64ClN3S/c1-11-19-31(5)41(26-18-22-32-20-14-13-15-21-32)40-30(4)28-33-34(38)23-24-35(36(33)29(3)12-2)39-25-16-17-27-42(9,10)37(6,7)8/h12,23-24,32,39H,5,11,13-22,25-28H2,1-4,6-10H3/b29-12+,40-30-. The number of rotatable bonds is 17. The van der Waals surface area contributed by atoms with Crippen molar-refractivity contribution in [2.75, 3.05) is 36.7 Å². The Balaban J connectivity index is 2.16. The average molecular weight is 618 g/mol. The normalized spacial score (nSPS) is 16.0. The van der Waals surface area contributed by atoms with Crippen LogP contribution in [0.4, 0.5) is 5.69 Å². The Labute approximate surface area is 267 Å². The van der Waals surface area contributed by atoms with E-state index in [1.807, 2.05) is 0 Å². The molecule has 1 N–H and O–H groups in total. The predicted octanol–water partition coefficient (Wildman–Crippen LogP) is 11.7. The first-order chi connectivity index (χ1) is 19.8. The zero-order chi connectivity index (χ0) is 31.3. The van der Waals surface area contributed by atoms with E-state index in [0.29, 0.717) is 4.75 Å². The van der Waals surface area contributed by atoms with Gasteiger partial charge in [0.2, 0.25) is 0 Å². The third-order valence-corrected chi connectivity index (χ3v) is 14.5. The molecular weight excluding hydrogens is 554 g/mol. The molecule has 240 valence electrons. The van der Waals surface area contributed by atoms with Crippen LogP contribution in [-0.2, 0) is 6.42 Å². The molecule has 0 saturated heterocycles. The number of halogens is 1. The molecule has 3 nitrogen and oxygen atoms in total. The van der Waals surface area contributed by atoms with Gasteiger partial charge in [-0.2, -0.15) is 5.10 Å². The number of benzene rings is 1. The zero-order valence-electron chi connectivity index (χ0n) is 28.8. The molecule has 1 aliphatic carbocycles. The molecule has 0 atom stereocenters. The molecule has 42 heavy (non-hydrogen) atoms. The van der Waals surface area contributed by atoms with Gasteiger partial charge in [-0.25, -0.2) is 10.0 Å². The molecule has 0 spiro atoms. The lowest BCUT2D eigenvalue weighted by molar-refractivity contribution is 0.291. The van der Waals surface area contributed by atoms with Crippen molar-refractivity contribution >= 4 is 38.6 Å². The number of hydrazone groups is 1. The summed E-state index contributed by atoms with van der Waals surface area (Å²) < 4.78 is 0.398. The average Bonchev–Trinajstić information content (AvgIpc) is 2.93. The molecule has 1 aromatic carbocycles. The molecule has 0 bridgehead atoms. The molecule has 2 rings (SSSR count). The van der Waals surface area contributed by atoms with Gasteiger partial charge in [0.1, 0.15) is 0 Å². The van der Waals surface area contributed by atoms with Gasteiger partial charge in [-0.05, 0) is 105 Å². The van der Waals surface area contributed by atoms with Crippen LogP contribution in [0.1, 0.15) is 130 Å². The minimum absolute atomic E-state index is 0.398. The fraction of sp³-hybridized carbons (Fsp3) is 0.703. The Morgan fingerprint density at radius 1 is 1.12 bits per heavy atom. The number of hydrogen-bond donors (Lipinski definition) is 1. The number of unbranched alkanes of at least 4 members (excludes halogenated alkanes) is 1. The van der Waals surface area contributed by atoms with Crippen LogP contribution in [0, 0.1) is 5.92 Å². The molecule has 0 aliphatic heterocycles. The summed E-state index contributed by atoms with van der Waals surface area (Å²) in [5, 5.41) is 11.9. The second kappa shape index (κ2) is 17.8. The first kappa shape index (κ1) is 36.8. The maximum Gasteiger partial charge on any atom is 0.0449 e. The van der Waals surface area contributed by atoms with E-state index in [0.717, 1.165) is 54.7 Å². The van der Waals surface area contributed by atoms with E-state index in [2.05, 4.69) is 96.1 Å². The van der Waals surface area contributed by atoms with Crippen molar-refractivity contribution in [3.05, 3.63) is 46.6 Å². The summed E-state index contributed by atoms with van der Waals surface area (Å²) in [6.07, 6.45) is 22.0. The summed E-state index contributed by atoms with van der Waals surface area (Å²) in [5.41, 5.74) is 7.04. The molecule has 5 heteroatoms. The van der Waals surface area contributed by atoms with Gasteiger partial charge in [0.05, 0.1) is 0 Å². The van der Waals surface area contributed by atoms with Gasteiger partial charge >= 0.3 is 0 Å². The number of allylic oxidation sites excluding steroid dienone is 3. The van der Waals surface area contributed by atoms with Crippen LogP contribution < -0.4 is 5.32 Å². The van der Waals surface area contributed by atoms with Crippen molar-refractivity contribution in [1.82, 2.24) is 5.01 Å². The van der Waals surface area contributed by atoms with Gasteiger partial charge in [-0.3, -0.25) is 5.01 Å². The minimum atomic E-state index is -0.604. The second-order valence-electron chi connectivity index (χ2n) is 14.0. The number of nitrogens with one attached hydrogen (secondary N) is 1. The summed E-state index contributed by atoms with van der Waals surface area (Å²) in [6, 6.07) is 4.22. The molecule has 1 fully saturated rings. The van der Waals surface area contributed by atoms with Gasteiger partial charge in [-0.15, -0.1) is 0 Å². The Morgan fingerprint density at radius 2 is 1.81 bits per heavy atom. The molecule has 0 amide bonds. The number of nitrogens with zero attached hydrogens (tertiary/aromatic N) is 2. The topological polar surface area (TPSA) is 27.6 Å². The van der Waals surface area contributed by atoms with E-state index in [9.17, 15) is 0 Å². The summed E-state index contributed by atoms with van der Waals surface area (Å²) in [6.45, 7) is 22.2. The highest BCUT2D eigenvalue weighted by atomic mass is 35.5. The van der Waals surface area contributed by atoms with E-state index in [-0.39, 0.29) is 0 Å². The smallest absolute Gasteiger partial charge is 0.0449 e. The van der Waals surface area contributed by atoms with E-state index in [1.54, 1.807) is 0 Å². The SMILES string of the molecule is C=C(CCC)N(CCCC1CCCCC1)/N=C(/C)Cc1c(Cl)ccc(NCCCCS(C)(C)C(C)(C)C)c1/C(C)=C/C. The summed E-state index contributed by atoms with van der Waals surface area (Å²) >= 11 is 6.90. The van der Waals surface area contributed by atoms with Crippen LogP contribution >= 0.6 is 21.6 Å². The summed E-state index contributed by atoms with van der Waals surface area (Å²) in [7, 11) is -0.604. The van der Waals surface area contributed by atoms with E-state index < -0.39 is 10.0 Å². The minimum Gasteiger partial charge on any atom is -0.385 e. The van der Waals surface area contributed by atoms with Gasteiger partial charge in [0.15, 0.2) is 0 Å². The van der Waals surface area contributed by atoms with E-state index >= 15 is 0 Å². The highest BCUT2D eigenvalue weighted by Crippen LogP contribution is 2.53. The Kier molecular flexibility index (Phi) is 15.6. The Hall–Kier alpha value is -1.39. The molecule has 0 unspecified atom stereocenters. The fourth-order valence-electron chi connectivity index (χ4n) is 5.85. The molecule has 1 aliphatic rings. The summed E-state index contributed by atoms with van der Waals surface area (Å²) in [4.78, 5) is 0. The number of hydrogen-bond acceptors (Lipinski definition) is 3. The molecule has 1 saturated carbocycles. The molecule has 1 aromatic rings. The van der Waals surface area contributed by atoms with Gasteiger partial charge in [0, 0.05) is 47.2 Å². The van der Waals surface area contributed by atoms with Crippen LogP contribution in [0.15, 0.2) is 35.6 Å². The van der Waals surface area contributed by atoms with E-state index in [1.165, 1.54) is 85.9 Å². The lowest BCUT2D eigenvalue weighted by atomic mass is 9.86. The molecular formula is C37H64ClN3S. The van der Waals surface area contributed by atoms with Crippen LogP contribution in [0.3, 0.4) is 0 Å². The largest absolute Gasteiger partial charge is 0.385 e. The number of anilines is 1.